The molecule has 0 amide bonds. The number of rotatable bonds is 5. The number of hydrogen-bond donors (Lipinski definition) is 1. The summed E-state index contributed by atoms with van der Waals surface area (Å²) in [4.78, 5) is 0. The summed E-state index contributed by atoms with van der Waals surface area (Å²) in [6.07, 6.45) is 7.81. The second-order valence-electron chi connectivity index (χ2n) is 5.24. The van der Waals surface area contributed by atoms with Gasteiger partial charge in [0.05, 0.1) is 6.54 Å². The maximum atomic E-state index is 5.71. The van der Waals surface area contributed by atoms with Crippen molar-refractivity contribution in [1.82, 2.24) is 5.32 Å². The van der Waals surface area contributed by atoms with Crippen molar-refractivity contribution in [3.63, 3.8) is 0 Å². The highest BCUT2D eigenvalue weighted by molar-refractivity contribution is 5.06. The molecule has 96 valence electrons. The van der Waals surface area contributed by atoms with Crippen LogP contribution in [0, 0.1) is 5.92 Å². The Morgan fingerprint density at radius 1 is 1.24 bits per heavy atom. The van der Waals surface area contributed by atoms with Crippen molar-refractivity contribution >= 4 is 0 Å². The number of nitrogens with one attached hydrogen (secondary N) is 1. The fourth-order valence-electron chi connectivity index (χ4n) is 2.80. The van der Waals surface area contributed by atoms with Gasteiger partial charge in [0, 0.05) is 12.5 Å². The van der Waals surface area contributed by atoms with E-state index in [9.17, 15) is 0 Å². The smallest absolute Gasteiger partial charge is 0.117 e. The maximum absolute atomic E-state index is 5.71. The minimum Gasteiger partial charge on any atom is -0.465 e. The quantitative estimate of drug-likeness (QED) is 0.837. The second kappa shape index (κ2) is 6.25. The first kappa shape index (κ1) is 12.7. The summed E-state index contributed by atoms with van der Waals surface area (Å²) in [5.41, 5.74) is 0. The van der Waals surface area contributed by atoms with Crippen LogP contribution in [0.15, 0.2) is 16.5 Å². The average molecular weight is 235 g/mol. The van der Waals surface area contributed by atoms with Crippen molar-refractivity contribution in [2.75, 3.05) is 0 Å². The summed E-state index contributed by atoms with van der Waals surface area (Å²) in [6, 6.07) is 4.89. The van der Waals surface area contributed by atoms with Gasteiger partial charge in [-0.05, 0) is 30.9 Å². The minimum atomic E-state index is 0.698. The lowest BCUT2D eigenvalue weighted by molar-refractivity contribution is 0.272. The summed E-state index contributed by atoms with van der Waals surface area (Å²) >= 11 is 0. The van der Waals surface area contributed by atoms with Crippen LogP contribution in [-0.4, -0.2) is 6.04 Å². The van der Waals surface area contributed by atoms with Crippen LogP contribution in [0.25, 0.3) is 0 Å². The Labute approximate surface area is 105 Å². The molecule has 1 saturated carbocycles. The largest absolute Gasteiger partial charge is 0.465 e. The first-order valence-corrected chi connectivity index (χ1v) is 7.12. The van der Waals surface area contributed by atoms with Crippen molar-refractivity contribution in [1.29, 1.82) is 0 Å². The van der Waals surface area contributed by atoms with Gasteiger partial charge in [0.15, 0.2) is 0 Å². The highest BCUT2D eigenvalue weighted by atomic mass is 16.3. The monoisotopic (exact) mass is 235 g/mol. The van der Waals surface area contributed by atoms with Gasteiger partial charge in [0.2, 0.25) is 0 Å². The molecular formula is C15H25NO. The molecule has 1 aromatic rings. The van der Waals surface area contributed by atoms with Crippen LogP contribution in [0.1, 0.15) is 57.5 Å². The molecule has 0 radical (unpaired) electrons. The third-order valence-electron chi connectivity index (χ3n) is 3.99. The van der Waals surface area contributed by atoms with Gasteiger partial charge in [-0.15, -0.1) is 0 Å². The van der Waals surface area contributed by atoms with Gasteiger partial charge < -0.3 is 9.73 Å². The maximum Gasteiger partial charge on any atom is 0.117 e. The molecule has 1 heterocycles. The van der Waals surface area contributed by atoms with Crippen molar-refractivity contribution in [2.45, 2.75) is 65.0 Å². The second-order valence-corrected chi connectivity index (χ2v) is 5.24. The molecule has 1 aromatic heterocycles. The predicted octanol–water partition coefficient (Wildman–Crippen LogP) is 3.90. The summed E-state index contributed by atoms with van der Waals surface area (Å²) < 4.78 is 5.71. The van der Waals surface area contributed by atoms with Gasteiger partial charge in [0.1, 0.15) is 11.5 Å². The molecular weight excluding hydrogens is 210 g/mol. The normalized spacial score (nSPS) is 25.1. The van der Waals surface area contributed by atoms with Crippen LogP contribution in [0.3, 0.4) is 0 Å². The highest BCUT2D eigenvalue weighted by Gasteiger charge is 2.20. The van der Waals surface area contributed by atoms with Crippen molar-refractivity contribution in [3.05, 3.63) is 23.7 Å². The molecule has 0 aromatic carbocycles. The predicted molar refractivity (Wildman–Crippen MR) is 71.0 cm³/mol. The molecule has 0 spiro atoms. The zero-order valence-corrected chi connectivity index (χ0v) is 11.2. The van der Waals surface area contributed by atoms with Gasteiger partial charge in [-0.2, -0.15) is 0 Å². The number of hydrogen-bond acceptors (Lipinski definition) is 2. The molecule has 0 bridgehead atoms. The first-order chi connectivity index (χ1) is 8.31. The molecule has 1 aliphatic carbocycles. The van der Waals surface area contributed by atoms with Crippen LogP contribution < -0.4 is 5.32 Å². The molecule has 1 N–H and O–H groups in total. The van der Waals surface area contributed by atoms with E-state index in [0.717, 1.165) is 30.4 Å². The van der Waals surface area contributed by atoms with Crippen LogP contribution >= 0.6 is 0 Å². The van der Waals surface area contributed by atoms with E-state index in [1.165, 1.54) is 32.1 Å². The Kier molecular flexibility index (Phi) is 4.66. The van der Waals surface area contributed by atoms with Crippen molar-refractivity contribution in [3.8, 4) is 0 Å². The third-order valence-corrected chi connectivity index (χ3v) is 3.99. The fourth-order valence-corrected chi connectivity index (χ4v) is 2.80. The van der Waals surface area contributed by atoms with Crippen LogP contribution in [0.2, 0.25) is 0 Å². The highest BCUT2D eigenvalue weighted by Crippen LogP contribution is 2.26. The average Bonchev–Trinajstić information content (AvgIpc) is 2.84. The van der Waals surface area contributed by atoms with Gasteiger partial charge in [-0.1, -0.05) is 33.1 Å². The van der Waals surface area contributed by atoms with E-state index in [0.29, 0.717) is 6.04 Å². The number of furan rings is 1. The lowest BCUT2D eigenvalue weighted by Crippen LogP contribution is -2.33. The zero-order valence-electron chi connectivity index (χ0n) is 11.2. The van der Waals surface area contributed by atoms with Gasteiger partial charge in [0.25, 0.3) is 0 Å². The Morgan fingerprint density at radius 2 is 2.06 bits per heavy atom. The minimum absolute atomic E-state index is 0.698. The third kappa shape index (κ3) is 3.60. The lowest BCUT2D eigenvalue weighted by Gasteiger charge is -2.28. The SMILES string of the molecule is CCc1ccc(CNC2CCCC(CC)C2)o1. The molecule has 2 nitrogen and oxygen atoms in total. The Morgan fingerprint density at radius 3 is 2.76 bits per heavy atom. The summed E-state index contributed by atoms with van der Waals surface area (Å²) in [5.74, 6) is 3.11. The molecule has 2 unspecified atom stereocenters. The van der Waals surface area contributed by atoms with Gasteiger partial charge in [-0.3, -0.25) is 0 Å². The van der Waals surface area contributed by atoms with Gasteiger partial charge in [-0.25, -0.2) is 0 Å². The standard InChI is InChI=1S/C15H25NO/c1-3-12-6-5-7-13(10-12)16-11-15-9-8-14(4-2)17-15/h8-9,12-13,16H,3-7,10-11H2,1-2H3. The Balaban J connectivity index is 1.77. The van der Waals surface area contributed by atoms with E-state index < -0.39 is 0 Å². The molecule has 0 aliphatic heterocycles. The van der Waals surface area contributed by atoms with E-state index in [1.54, 1.807) is 0 Å². The molecule has 2 heteroatoms. The first-order valence-electron chi connectivity index (χ1n) is 7.12. The molecule has 2 rings (SSSR count). The van der Waals surface area contributed by atoms with Crippen molar-refractivity contribution in [2.24, 2.45) is 5.92 Å². The fraction of sp³-hybridized carbons (Fsp3) is 0.733. The summed E-state index contributed by atoms with van der Waals surface area (Å²) in [6.45, 7) is 5.33. The van der Waals surface area contributed by atoms with E-state index in [4.69, 9.17) is 4.42 Å². The molecule has 1 aliphatic rings. The molecule has 2 atom stereocenters. The molecule has 0 saturated heterocycles. The Bertz CT molecular complexity index is 331. The lowest BCUT2D eigenvalue weighted by atomic mass is 9.84. The van der Waals surface area contributed by atoms with Crippen molar-refractivity contribution < 1.29 is 4.42 Å². The van der Waals surface area contributed by atoms with E-state index in [-0.39, 0.29) is 0 Å². The van der Waals surface area contributed by atoms with Crippen LogP contribution in [0.5, 0.6) is 0 Å². The zero-order chi connectivity index (χ0) is 12.1. The number of aryl methyl sites for hydroxylation is 1. The van der Waals surface area contributed by atoms with E-state index in [1.807, 2.05) is 0 Å². The van der Waals surface area contributed by atoms with Crippen LogP contribution in [-0.2, 0) is 13.0 Å². The van der Waals surface area contributed by atoms with E-state index >= 15 is 0 Å². The topological polar surface area (TPSA) is 25.2 Å². The van der Waals surface area contributed by atoms with Crippen LogP contribution in [0.4, 0.5) is 0 Å². The Hall–Kier alpha value is -0.760. The summed E-state index contributed by atoms with van der Waals surface area (Å²) in [5, 5.41) is 3.65. The van der Waals surface area contributed by atoms with Gasteiger partial charge >= 0.3 is 0 Å². The van der Waals surface area contributed by atoms with E-state index in [2.05, 4.69) is 31.3 Å². The summed E-state index contributed by atoms with van der Waals surface area (Å²) in [7, 11) is 0. The molecule has 17 heavy (non-hydrogen) atoms. The molecule has 1 fully saturated rings.